The summed E-state index contributed by atoms with van der Waals surface area (Å²) in [5, 5.41) is 0. The zero-order valence-corrected chi connectivity index (χ0v) is 28.5. The zero-order valence-electron chi connectivity index (χ0n) is 26.8. The lowest BCUT2D eigenvalue weighted by Gasteiger charge is -2.32. The third kappa shape index (κ3) is 6.78. The third-order valence-electron chi connectivity index (χ3n) is 9.43. The first-order chi connectivity index (χ1) is 18.7. The summed E-state index contributed by atoms with van der Waals surface area (Å²) < 4.78 is 28.4. The smallest absolute Gasteiger partial charge is 0.399 e. The Balaban J connectivity index is 1.71. The first-order valence-corrected chi connectivity index (χ1v) is 17.3. The number of aryl methyl sites for hydroxylation is 2. The first kappa shape index (κ1) is 32.3. The molecule has 4 heterocycles. The van der Waals surface area contributed by atoms with Crippen molar-refractivity contribution in [1.82, 2.24) is 0 Å². The van der Waals surface area contributed by atoms with Crippen LogP contribution >= 0.6 is 22.7 Å². The van der Waals surface area contributed by atoms with Crippen molar-refractivity contribution in [2.45, 2.75) is 156 Å². The van der Waals surface area contributed by atoms with E-state index in [-0.39, 0.29) is 36.6 Å². The van der Waals surface area contributed by atoms with Crippen molar-refractivity contribution < 1.29 is 18.6 Å². The van der Waals surface area contributed by atoms with E-state index in [2.05, 4.69) is 81.4 Å². The molecular weight excluding hydrogens is 534 g/mol. The van der Waals surface area contributed by atoms with Gasteiger partial charge in [0.2, 0.25) is 0 Å². The van der Waals surface area contributed by atoms with E-state index in [1.807, 2.05) is 22.7 Å². The Morgan fingerprint density at radius 3 is 1.15 bits per heavy atom. The Morgan fingerprint density at radius 2 is 0.850 bits per heavy atom. The quantitative estimate of drug-likeness (QED) is 0.175. The van der Waals surface area contributed by atoms with Crippen LogP contribution in [0.1, 0.15) is 132 Å². The predicted octanol–water partition coefficient (Wildman–Crippen LogP) is 8.32. The Hall–Kier alpha value is -0.630. The van der Waals surface area contributed by atoms with Crippen LogP contribution in [0, 0.1) is 0 Å². The first-order valence-electron chi connectivity index (χ1n) is 15.7. The van der Waals surface area contributed by atoms with Gasteiger partial charge in [0.15, 0.2) is 0 Å². The lowest BCUT2D eigenvalue weighted by molar-refractivity contribution is 0.00578. The topological polar surface area (TPSA) is 36.9 Å². The number of thiophene rings is 2. The van der Waals surface area contributed by atoms with E-state index in [0.717, 1.165) is 12.8 Å². The standard InChI is InChI=1S/C32H52B2O4S2/c1-11-13-15-17-19-23-21-25(33-35-29(3,4)30(5,6)36-33)39-27(23)28-24(20-18-16-14-12-2)22-26(40-28)34-37-31(7,8)32(9,10)38-34/h21-22H,11-20H2,1-10H3. The summed E-state index contributed by atoms with van der Waals surface area (Å²) in [6.07, 6.45) is 12.2. The second-order valence-electron chi connectivity index (χ2n) is 13.8. The largest absolute Gasteiger partial charge is 0.505 e. The third-order valence-corrected chi connectivity index (χ3v) is 12.0. The molecule has 4 nitrogen and oxygen atoms in total. The minimum absolute atomic E-state index is 0.325. The maximum absolute atomic E-state index is 6.50. The fourth-order valence-electron chi connectivity index (χ4n) is 5.29. The van der Waals surface area contributed by atoms with E-state index < -0.39 is 0 Å². The minimum Gasteiger partial charge on any atom is -0.399 e. The van der Waals surface area contributed by atoms with Crippen LogP contribution < -0.4 is 9.55 Å². The van der Waals surface area contributed by atoms with Gasteiger partial charge >= 0.3 is 14.2 Å². The van der Waals surface area contributed by atoms with Crippen LogP contribution in [0.2, 0.25) is 0 Å². The van der Waals surface area contributed by atoms with Crippen LogP contribution in [-0.4, -0.2) is 36.6 Å². The molecule has 2 aliphatic heterocycles. The van der Waals surface area contributed by atoms with Gasteiger partial charge in [0, 0.05) is 19.3 Å². The summed E-state index contributed by atoms with van der Waals surface area (Å²) in [4.78, 5) is 2.78. The number of hydrogen-bond acceptors (Lipinski definition) is 6. The minimum atomic E-state index is -0.347. The predicted molar refractivity (Wildman–Crippen MR) is 175 cm³/mol. The highest BCUT2D eigenvalue weighted by Gasteiger charge is 2.53. The van der Waals surface area contributed by atoms with Gasteiger partial charge in [0.05, 0.1) is 22.4 Å². The fraction of sp³-hybridized carbons (Fsp3) is 0.750. The maximum atomic E-state index is 6.50. The average molecular weight is 587 g/mol. The highest BCUT2D eigenvalue weighted by Crippen LogP contribution is 2.42. The molecule has 0 atom stereocenters. The molecule has 222 valence electrons. The number of unbranched alkanes of at least 4 members (excludes halogenated alkanes) is 6. The van der Waals surface area contributed by atoms with Crippen LogP contribution in [0.15, 0.2) is 12.1 Å². The maximum Gasteiger partial charge on any atom is 0.505 e. The Bertz CT molecular complexity index is 1010. The Morgan fingerprint density at radius 1 is 0.525 bits per heavy atom. The summed E-state index contributed by atoms with van der Waals surface area (Å²) in [5.41, 5.74) is 1.48. The molecule has 2 saturated heterocycles. The Kier molecular flexibility index (Phi) is 10.1. The van der Waals surface area contributed by atoms with Gasteiger partial charge in [-0.05, 0) is 104 Å². The molecule has 2 aliphatic rings. The van der Waals surface area contributed by atoms with Crippen LogP contribution in [0.25, 0.3) is 9.75 Å². The monoisotopic (exact) mass is 586 g/mol. The summed E-state index contributed by atoms with van der Waals surface area (Å²) >= 11 is 3.73. The fourth-order valence-corrected chi connectivity index (χ4v) is 7.83. The molecule has 0 bridgehead atoms. The van der Waals surface area contributed by atoms with Crippen molar-refractivity contribution in [2.75, 3.05) is 0 Å². The average Bonchev–Trinajstić information content (AvgIpc) is 3.56. The molecule has 0 saturated carbocycles. The molecule has 8 heteroatoms. The molecule has 0 spiro atoms. The summed E-state index contributed by atoms with van der Waals surface area (Å²) in [7, 11) is -0.651. The molecule has 0 N–H and O–H groups in total. The summed E-state index contributed by atoms with van der Waals surface area (Å²) in [5.74, 6) is 0. The summed E-state index contributed by atoms with van der Waals surface area (Å²) in [6, 6.07) is 4.76. The van der Waals surface area contributed by atoms with E-state index in [4.69, 9.17) is 18.6 Å². The van der Waals surface area contributed by atoms with E-state index >= 15 is 0 Å². The molecule has 0 unspecified atom stereocenters. The van der Waals surface area contributed by atoms with Crippen LogP contribution in [-0.2, 0) is 31.5 Å². The molecule has 2 aromatic rings. The van der Waals surface area contributed by atoms with Gasteiger partial charge < -0.3 is 18.6 Å². The highest BCUT2D eigenvalue weighted by molar-refractivity contribution is 7.31. The normalized spacial score (nSPS) is 21.1. The lowest BCUT2D eigenvalue weighted by Crippen LogP contribution is -2.41. The molecule has 0 radical (unpaired) electrons. The second-order valence-corrected chi connectivity index (χ2v) is 16.0. The van der Waals surface area contributed by atoms with Gasteiger partial charge in [-0.2, -0.15) is 0 Å². The SMILES string of the molecule is CCCCCCc1cc(B2OC(C)(C)C(C)(C)O2)sc1-c1sc(B2OC(C)(C)C(C)(C)O2)cc1CCCCCC. The molecule has 0 amide bonds. The van der Waals surface area contributed by atoms with Crippen LogP contribution in [0.5, 0.6) is 0 Å². The van der Waals surface area contributed by atoms with Crippen molar-refractivity contribution >= 4 is 46.5 Å². The molecule has 40 heavy (non-hydrogen) atoms. The van der Waals surface area contributed by atoms with Crippen molar-refractivity contribution in [2.24, 2.45) is 0 Å². The molecule has 0 aliphatic carbocycles. The van der Waals surface area contributed by atoms with Gasteiger partial charge in [-0.15, -0.1) is 22.7 Å². The molecule has 2 aromatic heterocycles. The van der Waals surface area contributed by atoms with Crippen molar-refractivity contribution in [3.05, 3.63) is 23.3 Å². The van der Waals surface area contributed by atoms with Gasteiger partial charge in [-0.25, -0.2) is 0 Å². The van der Waals surface area contributed by atoms with Crippen molar-refractivity contribution in [3.8, 4) is 9.75 Å². The molecule has 0 aromatic carbocycles. The number of rotatable bonds is 13. The van der Waals surface area contributed by atoms with Gasteiger partial charge in [-0.1, -0.05) is 52.4 Å². The molecular formula is C32H52B2O4S2. The highest BCUT2D eigenvalue weighted by atomic mass is 32.1. The van der Waals surface area contributed by atoms with Gasteiger partial charge in [0.1, 0.15) is 0 Å². The zero-order chi connectivity index (χ0) is 29.3. The Labute approximate surface area is 253 Å². The van der Waals surface area contributed by atoms with E-state index in [0.29, 0.717) is 0 Å². The van der Waals surface area contributed by atoms with Crippen LogP contribution in [0.4, 0.5) is 0 Å². The van der Waals surface area contributed by atoms with Crippen LogP contribution in [0.3, 0.4) is 0 Å². The van der Waals surface area contributed by atoms with Crippen molar-refractivity contribution in [3.63, 3.8) is 0 Å². The van der Waals surface area contributed by atoms with Gasteiger partial charge in [-0.3, -0.25) is 0 Å². The summed E-state index contributed by atoms with van der Waals surface area (Å²) in [6.45, 7) is 21.6. The molecule has 4 rings (SSSR count). The lowest BCUT2D eigenvalue weighted by atomic mass is 9.86. The second kappa shape index (κ2) is 12.5. The van der Waals surface area contributed by atoms with Crippen molar-refractivity contribution in [1.29, 1.82) is 0 Å². The van der Waals surface area contributed by atoms with E-state index in [1.165, 1.54) is 81.8 Å². The number of hydrogen-bond donors (Lipinski definition) is 0. The van der Waals surface area contributed by atoms with E-state index in [1.54, 1.807) is 0 Å². The van der Waals surface area contributed by atoms with E-state index in [9.17, 15) is 0 Å². The van der Waals surface area contributed by atoms with Gasteiger partial charge in [0.25, 0.3) is 0 Å². The molecule has 2 fully saturated rings.